The lowest BCUT2D eigenvalue weighted by atomic mass is 10.2. The summed E-state index contributed by atoms with van der Waals surface area (Å²) < 4.78 is 31.5. The zero-order valence-corrected chi connectivity index (χ0v) is 15.3. The van der Waals surface area contributed by atoms with E-state index in [-0.39, 0.29) is 30.4 Å². The highest BCUT2D eigenvalue weighted by molar-refractivity contribution is 7.88. The van der Waals surface area contributed by atoms with Gasteiger partial charge in [0.2, 0.25) is 10.0 Å². The van der Waals surface area contributed by atoms with E-state index in [0.29, 0.717) is 29.4 Å². The third-order valence-corrected chi connectivity index (χ3v) is 6.26. The Morgan fingerprint density at radius 2 is 1.92 bits per heavy atom. The summed E-state index contributed by atoms with van der Waals surface area (Å²) in [6.45, 7) is 2.83. The summed E-state index contributed by atoms with van der Waals surface area (Å²) in [5, 5.41) is 4.14. The van der Waals surface area contributed by atoms with Gasteiger partial charge in [-0.1, -0.05) is 35.0 Å². The van der Waals surface area contributed by atoms with Crippen molar-refractivity contribution in [1.82, 2.24) is 14.4 Å². The van der Waals surface area contributed by atoms with Crippen LogP contribution in [0.3, 0.4) is 0 Å². The molecule has 7 nitrogen and oxygen atoms in total. The standard InChI is InChI=1S/C16H18ClN3O4S/c1-12-10-15(18-24-12)16(21)19-6-8-20(9-7-19)25(22,23)11-13-4-2-3-5-14(13)17/h2-5,10H,6-9,11H2,1H3. The smallest absolute Gasteiger partial charge is 0.276 e. The number of sulfonamides is 1. The normalized spacial score (nSPS) is 16.2. The van der Waals surface area contributed by atoms with Crippen molar-refractivity contribution in [2.24, 2.45) is 0 Å². The van der Waals surface area contributed by atoms with E-state index < -0.39 is 10.0 Å². The number of hydrogen-bond donors (Lipinski definition) is 0. The number of amides is 1. The molecule has 9 heteroatoms. The Labute approximate surface area is 151 Å². The number of benzene rings is 1. The molecule has 0 spiro atoms. The average molecular weight is 384 g/mol. The Bertz CT molecular complexity index is 873. The number of rotatable bonds is 4. The number of carbonyl (C=O) groups is 1. The summed E-state index contributed by atoms with van der Waals surface area (Å²) >= 11 is 6.05. The van der Waals surface area contributed by atoms with Crippen LogP contribution in [0.15, 0.2) is 34.9 Å². The Hall–Kier alpha value is -1.90. The monoisotopic (exact) mass is 383 g/mol. The highest BCUT2D eigenvalue weighted by atomic mass is 35.5. The van der Waals surface area contributed by atoms with Gasteiger partial charge in [-0.2, -0.15) is 4.31 Å². The molecule has 1 fully saturated rings. The molecule has 1 amide bonds. The van der Waals surface area contributed by atoms with Crippen LogP contribution < -0.4 is 0 Å². The van der Waals surface area contributed by atoms with Gasteiger partial charge in [0.05, 0.1) is 5.75 Å². The Morgan fingerprint density at radius 3 is 2.52 bits per heavy atom. The maximum atomic E-state index is 12.6. The molecule has 0 unspecified atom stereocenters. The van der Waals surface area contributed by atoms with Gasteiger partial charge >= 0.3 is 0 Å². The summed E-state index contributed by atoms with van der Waals surface area (Å²) in [6, 6.07) is 8.46. The first kappa shape index (κ1) is 17.9. The van der Waals surface area contributed by atoms with Crippen molar-refractivity contribution in [3.8, 4) is 0 Å². The fourth-order valence-electron chi connectivity index (χ4n) is 2.70. The number of piperazine rings is 1. The molecule has 0 saturated carbocycles. The molecule has 1 aromatic carbocycles. The first-order valence-electron chi connectivity index (χ1n) is 7.80. The molecule has 0 aliphatic carbocycles. The minimum Gasteiger partial charge on any atom is -0.361 e. The van der Waals surface area contributed by atoms with Gasteiger partial charge in [-0.25, -0.2) is 8.42 Å². The number of halogens is 1. The summed E-state index contributed by atoms with van der Waals surface area (Å²) in [7, 11) is -3.49. The summed E-state index contributed by atoms with van der Waals surface area (Å²) in [4.78, 5) is 13.9. The highest BCUT2D eigenvalue weighted by Gasteiger charge is 2.30. The van der Waals surface area contributed by atoms with Crippen LogP contribution >= 0.6 is 11.6 Å². The predicted molar refractivity (Wildman–Crippen MR) is 92.8 cm³/mol. The molecular formula is C16H18ClN3O4S. The van der Waals surface area contributed by atoms with Gasteiger partial charge in [0.1, 0.15) is 5.76 Å². The van der Waals surface area contributed by atoms with E-state index in [1.165, 1.54) is 4.31 Å². The van der Waals surface area contributed by atoms with E-state index in [1.54, 1.807) is 42.2 Å². The minimum atomic E-state index is -3.49. The Kier molecular flexibility index (Phi) is 5.12. The second-order valence-electron chi connectivity index (χ2n) is 5.86. The second-order valence-corrected chi connectivity index (χ2v) is 8.24. The van der Waals surface area contributed by atoms with Gasteiger partial charge in [-0.15, -0.1) is 0 Å². The Balaban J connectivity index is 1.63. The molecule has 2 heterocycles. The van der Waals surface area contributed by atoms with Crippen molar-refractivity contribution in [2.45, 2.75) is 12.7 Å². The lowest BCUT2D eigenvalue weighted by Gasteiger charge is -2.33. The van der Waals surface area contributed by atoms with Crippen LogP contribution in [0.5, 0.6) is 0 Å². The van der Waals surface area contributed by atoms with E-state index in [2.05, 4.69) is 5.16 Å². The third kappa shape index (κ3) is 4.02. The predicted octanol–water partition coefficient (Wildman–Crippen LogP) is 1.92. The van der Waals surface area contributed by atoms with Gasteiger partial charge in [0, 0.05) is 37.3 Å². The van der Waals surface area contributed by atoms with Crippen molar-refractivity contribution in [3.63, 3.8) is 0 Å². The molecule has 0 atom stereocenters. The highest BCUT2D eigenvalue weighted by Crippen LogP contribution is 2.20. The molecular weight excluding hydrogens is 366 g/mol. The van der Waals surface area contributed by atoms with E-state index >= 15 is 0 Å². The molecule has 2 aromatic rings. The van der Waals surface area contributed by atoms with E-state index in [0.717, 1.165) is 0 Å². The van der Waals surface area contributed by atoms with Gasteiger partial charge in [0.25, 0.3) is 5.91 Å². The number of aromatic nitrogens is 1. The Morgan fingerprint density at radius 1 is 1.24 bits per heavy atom. The fourth-order valence-corrected chi connectivity index (χ4v) is 4.53. The van der Waals surface area contributed by atoms with Crippen LogP contribution in [0.25, 0.3) is 0 Å². The van der Waals surface area contributed by atoms with E-state index in [1.807, 2.05) is 0 Å². The van der Waals surface area contributed by atoms with Crippen LogP contribution in [0, 0.1) is 6.92 Å². The van der Waals surface area contributed by atoms with Crippen LogP contribution in [-0.2, 0) is 15.8 Å². The van der Waals surface area contributed by atoms with Crippen molar-refractivity contribution in [1.29, 1.82) is 0 Å². The summed E-state index contributed by atoms with van der Waals surface area (Å²) in [5.41, 5.74) is 0.811. The molecule has 1 aliphatic rings. The van der Waals surface area contributed by atoms with Gasteiger partial charge in [0.15, 0.2) is 5.69 Å². The van der Waals surface area contributed by atoms with Crippen LogP contribution in [0.2, 0.25) is 5.02 Å². The van der Waals surface area contributed by atoms with Gasteiger partial charge < -0.3 is 9.42 Å². The average Bonchev–Trinajstić information content (AvgIpc) is 3.03. The molecule has 0 radical (unpaired) electrons. The van der Waals surface area contributed by atoms with Gasteiger partial charge in [-0.05, 0) is 18.6 Å². The number of aryl methyl sites for hydroxylation is 1. The third-order valence-electron chi connectivity index (χ3n) is 4.06. The zero-order valence-electron chi connectivity index (χ0n) is 13.7. The van der Waals surface area contributed by atoms with Crippen molar-refractivity contribution >= 4 is 27.5 Å². The minimum absolute atomic E-state index is 0.150. The maximum absolute atomic E-state index is 12.6. The number of carbonyl (C=O) groups excluding carboxylic acids is 1. The number of nitrogens with zero attached hydrogens (tertiary/aromatic N) is 3. The second kappa shape index (κ2) is 7.15. The topological polar surface area (TPSA) is 83.7 Å². The summed E-state index contributed by atoms with van der Waals surface area (Å²) in [6.07, 6.45) is 0. The lowest BCUT2D eigenvalue weighted by molar-refractivity contribution is 0.0687. The van der Waals surface area contributed by atoms with Crippen molar-refractivity contribution in [2.75, 3.05) is 26.2 Å². The fraction of sp³-hybridized carbons (Fsp3) is 0.375. The zero-order chi connectivity index (χ0) is 18.0. The first-order valence-corrected chi connectivity index (χ1v) is 9.79. The van der Waals surface area contributed by atoms with Crippen LogP contribution in [-0.4, -0.2) is 54.9 Å². The number of hydrogen-bond acceptors (Lipinski definition) is 5. The largest absolute Gasteiger partial charge is 0.361 e. The van der Waals surface area contributed by atoms with E-state index in [9.17, 15) is 13.2 Å². The quantitative estimate of drug-likeness (QED) is 0.805. The first-order chi connectivity index (χ1) is 11.9. The maximum Gasteiger partial charge on any atom is 0.276 e. The molecule has 1 aliphatic heterocycles. The molecule has 1 saturated heterocycles. The van der Waals surface area contributed by atoms with Crippen molar-refractivity contribution < 1.29 is 17.7 Å². The van der Waals surface area contributed by atoms with Crippen molar-refractivity contribution in [3.05, 3.63) is 52.4 Å². The van der Waals surface area contributed by atoms with E-state index in [4.69, 9.17) is 16.1 Å². The summed E-state index contributed by atoms with van der Waals surface area (Å²) in [5.74, 6) is 0.160. The molecule has 0 bridgehead atoms. The molecule has 0 N–H and O–H groups in total. The molecule has 3 rings (SSSR count). The molecule has 25 heavy (non-hydrogen) atoms. The molecule has 1 aromatic heterocycles. The van der Waals surface area contributed by atoms with Crippen LogP contribution in [0.4, 0.5) is 0 Å². The lowest BCUT2D eigenvalue weighted by Crippen LogP contribution is -2.50. The van der Waals surface area contributed by atoms with Crippen LogP contribution in [0.1, 0.15) is 21.8 Å². The van der Waals surface area contributed by atoms with Gasteiger partial charge in [-0.3, -0.25) is 4.79 Å². The SMILES string of the molecule is Cc1cc(C(=O)N2CCN(S(=O)(=O)Cc3ccccc3Cl)CC2)no1. The molecule has 134 valence electrons.